The summed E-state index contributed by atoms with van der Waals surface area (Å²) in [4.78, 5) is 12.6. The van der Waals surface area contributed by atoms with Crippen LogP contribution in [0.2, 0.25) is 0 Å². The summed E-state index contributed by atoms with van der Waals surface area (Å²) >= 11 is 0. The predicted molar refractivity (Wildman–Crippen MR) is 139 cm³/mol. The summed E-state index contributed by atoms with van der Waals surface area (Å²) in [5, 5.41) is 2.59. The zero-order valence-corrected chi connectivity index (χ0v) is 21.8. The first kappa shape index (κ1) is 26.8. The number of sulfonamides is 2. The first-order valence-electron chi connectivity index (χ1n) is 10.6. The number of hydrogen-bond acceptors (Lipinski definition) is 7. The van der Waals surface area contributed by atoms with E-state index in [0.29, 0.717) is 22.9 Å². The summed E-state index contributed by atoms with van der Waals surface area (Å²) in [7, 11) is -4.81. The molecule has 0 saturated carbocycles. The van der Waals surface area contributed by atoms with Crippen molar-refractivity contribution in [3.05, 3.63) is 72.3 Å². The normalized spacial score (nSPS) is 11.4. The topological polar surface area (TPSA) is 131 Å². The molecule has 0 fully saturated rings. The Morgan fingerprint density at radius 1 is 0.917 bits per heavy atom. The fourth-order valence-electron chi connectivity index (χ4n) is 3.32. The fraction of sp³-hybridized carbons (Fsp3) is 0.208. The van der Waals surface area contributed by atoms with Gasteiger partial charge in [0, 0.05) is 11.8 Å². The molecule has 0 aliphatic carbocycles. The Bertz CT molecular complexity index is 1460. The summed E-state index contributed by atoms with van der Waals surface area (Å²) in [6.07, 6.45) is 0.996. The van der Waals surface area contributed by atoms with Gasteiger partial charge in [-0.15, -0.1) is 0 Å². The van der Waals surface area contributed by atoms with Gasteiger partial charge in [-0.3, -0.25) is 13.8 Å². The molecule has 0 saturated heterocycles. The summed E-state index contributed by atoms with van der Waals surface area (Å²) in [6, 6.07) is 16.9. The Morgan fingerprint density at radius 2 is 1.61 bits per heavy atom. The number of amides is 1. The Labute approximate surface area is 211 Å². The van der Waals surface area contributed by atoms with E-state index < -0.39 is 32.5 Å². The zero-order valence-electron chi connectivity index (χ0n) is 20.2. The molecule has 0 bridgehead atoms. The number of benzene rings is 3. The largest absolute Gasteiger partial charge is 0.497 e. The molecule has 0 aromatic heterocycles. The molecule has 0 aliphatic rings. The maximum Gasteiger partial charge on any atom is 0.262 e. The number of nitrogens with one attached hydrogen (secondary N) is 2. The molecule has 3 rings (SSSR count). The van der Waals surface area contributed by atoms with Crippen LogP contribution in [0.3, 0.4) is 0 Å². The van der Waals surface area contributed by atoms with Crippen LogP contribution in [-0.2, 0) is 24.8 Å². The first-order valence-corrected chi connectivity index (χ1v) is 14.0. The van der Waals surface area contributed by atoms with Gasteiger partial charge in [0.05, 0.1) is 36.7 Å². The molecule has 36 heavy (non-hydrogen) atoms. The Kier molecular flexibility index (Phi) is 8.10. The lowest BCUT2D eigenvalue weighted by atomic mass is 10.2. The third-order valence-electron chi connectivity index (χ3n) is 5.08. The standard InChI is InChI=1S/C24H27N3O7S2/c1-17-8-13-23(34-3)22(14-17)26-36(31,32)21-11-9-18(10-12-21)25-24(28)16-27(35(4,29)30)19-6-5-7-20(15-19)33-2/h5-15,26H,16H2,1-4H3,(H,25,28). The molecule has 10 nitrogen and oxygen atoms in total. The minimum absolute atomic E-state index is 0.0294. The average molecular weight is 534 g/mol. The van der Waals surface area contributed by atoms with Crippen LogP contribution >= 0.6 is 0 Å². The zero-order chi connectivity index (χ0) is 26.5. The van der Waals surface area contributed by atoms with Crippen molar-refractivity contribution in [2.75, 3.05) is 41.4 Å². The molecule has 0 aliphatic heterocycles. The number of rotatable bonds is 10. The van der Waals surface area contributed by atoms with Crippen molar-refractivity contribution in [2.45, 2.75) is 11.8 Å². The third-order valence-corrected chi connectivity index (χ3v) is 7.60. The van der Waals surface area contributed by atoms with Crippen LogP contribution < -0.4 is 23.8 Å². The van der Waals surface area contributed by atoms with Gasteiger partial charge in [-0.25, -0.2) is 16.8 Å². The number of carbonyl (C=O) groups excluding carboxylic acids is 1. The molecular formula is C24H27N3O7S2. The van der Waals surface area contributed by atoms with Crippen molar-refractivity contribution < 1.29 is 31.1 Å². The van der Waals surface area contributed by atoms with E-state index in [1.165, 1.54) is 44.6 Å². The van der Waals surface area contributed by atoms with Crippen molar-refractivity contribution in [2.24, 2.45) is 0 Å². The molecule has 1 amide bonds. The average Bonchev–Trinajstić information content (AvgIpc) is 2.82. The highest BCUT2D eigenvalue weighted by Gasteiger charge is 2.22. The summed E-state index contributed by atoms with van der Waals surface area (Å²) < 4.78 is 64.1. The van der Waals surface area contributed by atoms with Crippen LogP contribution in [0, 0.1) is 6.92 Å². The highest BCUT2D eigenvalue weighted by Crippen LogP contribution is 2.28. The number of carbonyl (C=O) groups is 1. The van der Waals surface area contributed by atoms with E-state index in [1.807, 2.05) is 6.92 Å². The van der Waals surface area contributed by atoms with Crippen LogP contribution in [0.15, 0.2) is 71.6 Å². The van der Waals surface area contributed by atoms with E-state index in [2.05, 4.69) is 10.0 Å². The van der Waals surface area contributed by atoms with Gasteiger partial charge in [0.15, 0.2) is 0 Å². The third kappa shape index (κ3) is 6.67. The molecule has 192 valence electrons. The number of ether oxygens (including phenoxy) is 2. The molecule has 0 radical (unpaired) electrons. The van der Waals surface area contributed by atoms with Crippen LogP contribution in [0.5, 0.6) is 11.5 Å². The van der Waals surface area contributed by atoms with Crippen LogP contribution in [0.1, 0.15) is 5.56 Å². The van der Waals surface area contributed by atoms with Crippen molar-refractivity contribution in [3.63, 3.8) is 0 Å². The van der Waals surface area contributed by atoms with E-state index >= 15 is 0 Å². The summed E-state index contributed by atoms with van der Waals surface area (Å²) in [6.45, 7) is 1.34. The van der Waals surface area contributed by atoms with Crippen molar-refractivity contribution >= 4 is 43.0 Å². The number of hydrogen-bond donors (Lipinski definition) is 2. The van der Waals surface area contributed by atoms with E-state index in [0.717, 1.165) is 16.1 Å². The molecule has 2 N–H and O–H groups in total. The highest BCUT2D eigenvalue weighted by atomic mass is 32.2. The number of anilines is 3. The van der Waals surface area contributed by atoms with Crippen LogP contribution in [0.4, 0.5) is 17.1 Å². The van der Waals surface area contributed by atoms with Gasteiger partial charge in [-0.2, -0.15) is 0 Å². The maximum absolute atomic E-state index is 12.8. The van der Waals surface area contributed by atoms with E-state index in [1.54, 1.807) is 36.4 Å². The Morgan fingerprint density at radius 3 is 2.22 bits per heavy atom. The molecule has 0 unspecified atom stereocenters. The molecule has 0 heterocycles. The van der Waals surface area contributed by atoms with Crippen LogP contribution in [0.25, 0.3) is 0 Å². The number of aryl methyl sites for hydroxylation is 1. The van der Waals surface area contributed by atoms with E-state index in [-0.39, 0.29) is 10.6 Å². The number of methoxy groups -OCH3 is 2. The van der Waals surface area contributed by atoms with Gasteiger partial charge in [0.2, 0.25) is 15.9 Å². The minimum atomic E-state index is -3.93. The summed E-state index contributed by atoms with van der Waals surface area (Å²) in [5.74, 6) is 0.205. The second-order valence-corrected chi connectivity index (χ2v) is 11.4. The SMILES string of the molecule is COc1cccc(N(CC(=O)Nc2ccc(S(=O)(=O)Nc3cc(C)ccc3OC)cc2)S(C)(=O)=O)c1. The fourth-order valence-corrected chi connectivity index (χ4v) is 5.23. The Hall–Kier alpha value is -3.77. The van der Waals surface area contributed by atoms with Gasteiger partial charge < -0.3 is 14.8 Å². The molecular weight excluding hydrogens is 506 g/mol. The summed E-state index contributed by atoms with van der Waals surface area (Å²) in [5.41, 5.74) is 1.72. The van der Waals surface area contributed by atoms with Crippen molar-refractivity contribution in [1.82, 2.24) is 0 Å². The van der Waals surface area contributed by atoms with Crippen molar-refractivity contribution in [1.29, 1.82) is 0 Å². The lowest BCUT2D eigenvalue weighted by Gasteiger charge is -2.22. The molecule has 0 atom stereocenters. The predicted octanol–water partition coefficient (Wildman–Crippen LogP) is 3.22. The second-order valence-electron chi connectivity index (χ2n) is 7.85. The van der Waals surface area contributed by atoms with E-state index in [9.17, 15) is 21.6 Å². The van der Waals surface area contributed by atoms with Crippen LogP contribution in [-0.4, -0.2) is 49.8 Å². The van der Waals surface area contributed by atoms with E-state index in [4.69, 9.17) is 9.47 Å². The minimum Gasteiger partial charge on any atom is -0.497 e. The monoisotopic (exact) mass is 533 g/mol. The second kappa shape index (κ2) is 10.9. The smallest absolute Gasteiger partial charge is 0.262 e. The lowest BCUT2D eigenvalue weighted by Crippen LogP contribution is -2.37. The van der Waals surface area contributed by atoms with Crippen molar-refractivity contribution in [3.8, 4) is 11.5 Å². The van der Waals surface area contributed by atoms with Gasteiger partial charge >= 0.3 is 0 Å². The van der Waals surface area contributed by atoms with Gasteiger partial charge in [0.1, 0.15) is 18.0 Å². The molecule has 3 aromatic rings. The highest BCUT2D eigenvalue weighted by molar-refractivity contribution is 7.92. The molecule has 3 aromatic carbocycles. The number of nitrogens with zero attached hydrogens (tertiary/aromatic N) is 1. The van der Waals surface area contributed by atoms with Gasteiger partial charge in [-0.1, -0.05) is 12.1 Å². The first-order chi connectivity index (χ1) is 16.9. The quantitative estimate of drug-likeness (QED) is 0.409. The molecule has 0 spiro atoms. The lowest BCUT2D eigenvalue weighted by molar-refractivity contribution is -0.114. The van der Waals surface area contributed by atoms with Gasteiger partial charge in [0.25, 0.3) is 10.0 Å². The van der Waals surface area contributed by atoms with Gasteiger partial charge in [-0.05, 0) is 61.0 Å². The maximum atomic E-state index is 12.8. The Balaban J connectivity index is 1.74. The molecule has 12 heteroatoms.